The lowest BCUT2D eigenvalue weighted by atomic mass is 10.3. The van der Waals surface area contributed by atoms with Gasteiger partial charge in [-0.1, -0.05) is 12.2 Å². The van der Waals surface area contributed by atoms with E-state index in [-0.39, 0.29) is 18.1 Å². The lowest BCUT2D eigenvalue weighted by Crippen LogP contribution is -2.20. The maximum Gasteiger partial charge on any atom is 0.411 e. The molecule has 0 aliphatic rings. The first-order valence-corrected chi connectivity index (χ1v) is 5.43. The van der Waals surface area contributed by atoms with Gasteiger partial charge in [-0.2, -0.15) is 13.2 Å². The van der Waals surface area contributed by atoms with Crippen LogP contribution in [0.15, 0.2) is 18.3 Å². The van der Waals surface area contributed by atoms with Gasteiger partial charge in [0.05, 0.1) is 12.3 Å². The standard InChI is InChI=1S/C10H12F3N3OS/c11-10(12,13)6-17-4-3-15-7-1-2-16-8(5-7)9(14)18/h1-2,5H,3-4,6H2,(H2,14,18)(H,15,16). The molecule has 1 rings (SSSR count). The van der Waals surface area contributed by atoms with Crippen molar-refractivity contribution in [1.82, 2.24) is 4.98 Å². The van der Waals surface area contributed by atoms with Crippen LogP contribution in [0.3, 0.4) is 0 Å². The van der Waals surface area contributed by atoms with Gasteiger partial charge in [0.1, 0.15) is 11.6 Å². The Bertz CT molecular complexity index is 412. The second-order valence-electron chi connectivity index (χ2n) is 3.39. The SMILES string of the molecule is NC(=S)c1cc(NCCOCC(F)(F)F)ccn1. The number of ether oxygens (including phenoxy) is 1. The first-order valence-electron chi connectivity index (χ1n) is 5.03. The zero-order valence-electron chi connectivity index (χ0n) is 9.33. The summed E-state index contributed by atoms with van der Waals surface area (Å²) in [5, 5.41) is 2.88. The summed E-state index contributed by atoms with van der Waals surface area (Å²) < 4.78 is 39.7. The van der Waals surface area contributed by atoms with E-state index in [4.69, 9.17) is 18.0 Å². The van der Waals surface area contributed by atoms with Crippen molar-refractivity contribution in [3.63, 3.8) is 0 Å². The summed E-state index contributed by atoms with van der Waals surface area (Å²) in [7, 11) is 0. The highest BCUT2D eigenvalue weighted by Crippen LogP contribution is 2.14. The Kier molecular flexibility index (Phi) is 5.29. The molecular formula is C10H12F3N3OS. The van der Waals surface area contributed by atoms with E-state index in [1.807, 2.05) is 0 Å². The number of rotatable bonds is 6. The second-order valence-corrected chi connectivity index (χ2v) is 3.83. The number of thiocarbonyl (C=S) groups is 1. The summed E-state index contributed by atoms with van der Waals surface area (Å²) in [6.45, 7) is -1.05. The van der Waals surface area contributed by atoms with Crippen LogP contribution in [-0.4, -0.2) is 35.9 Å². The van der Waals surface area contributed by atoms with E-state index in [1.54, 1.807) is 12.1 Å². The average molecular weight is 279 g/mol. The van der Waals surface area contributed by atoms with Crippen molar-refractivity contribution < 1.29 is 17.9 Å². The van der Waals surface area contributed by atoms with Crippen LogP contribution in [0.2, 0.25) is 0 Å². The lowest BCUT2D eigenvalue weighted by Gasteiger charge is -2.09. The van der Waals surface area contributed by atoms with E-state index in [0.717, 1.165) is 0 Å². The third-order valence-electron chi connectivity index (χ3n) is 1.85. The number of aromatic nitrogens is 1. The van der Waals surface area contributed by atoms with Gasteiger partial charge < -0.3 is 15.8 Å². The highest BCUT2D eigenvalue weighted by Gasteiger charge is 2.27. The summed E-state index contributed by atoms with van der Waals surface area (Å²) in [6.07, 6.45) is -2.79. The Morgan fingerprint density at radius 2 is 2.22 bits per heavy atom. The summed E-state index contributed by atoms with van der Waals surface area (Å²) in [5.74, 6) is 0. The zero-order valence-corrected chi connectivity index (χ0v) is 10.1. The fourth-order valence-corrected chi connectivity index (χ4v) is 1.24. The first kappa shape index (κ1) is 14.7. The summed E-state index contributed by atoms with van der Waals surface area (Å²) >= 11 is 4.75. The Hall–Kier alpha value is -1.41. The zero-order chi connectivity index (χ0) is 13.6. The van der Waals surface area contributed by atoms with E-state index in [0.29, 0.717) is 11.4 Å². The van der Waals surface area contributed by atoms with Gasteiger partial charge in [0.25, 0.3) is 0 Å². The molecule has 0 amide bonds. The molecule has 1 aromatic rings. The fraction of sp³-hybridized carbons (Fsp3) is 0.400. The maximum absolute atomic E-state index is 11.8. The summed E-state index contributed by atoms with van der Waals surface area (Å²) in [6, 6.07) is 3.28. The van der Waals surface area contributed by atoms with E-state index < -0.39 is 12.8 Å². The molecule has 0 bridgehead atoms. The Labute approximate surface area is 107 Å². The number of alkyl halides is 3. The fourth-order valence-electron chi connectivity index (χ4n) is 1.13. The molecule has 0 spiro atoms. The number of hydrogen-bond donors (Lipinski definition) is 2. The average Bonchev–Trinajstić information content (AvgIpc) is 2.27. The van der Waals surface area contributed by atoms with Crippen LogP contribution < -0.4 is 11.1 Å². The van der Waals surface area contributed by atoms with Crippen molar-refractivity contribution in [2.24, 2.45) is 5.73 Å². The minimum atomic E-state index is -4.30. The van der Waals surface area contributed by atoms with Gasteiger partial charge in [0.15, 0.2) is 0 Å². The molecule has 0 saturated carbocycles. The van der Waals surface area contributed by atoms with Crippen molar-refractivity contribution in [2.45, 2.75) is 6.18 Å². The van der Waals surface area contributed by atoms with Gasteiger partial charge >= 0.3 is 6.18 Å². The summed E-state index contributed by atoms with van der Waals surface area (Å²) in [4.78, 5) is 4.09. The normalized spacial score (nSPS) is 11.3. The first-order chi connectivity index (χ1) is 8.38. The quantitative estimate of drug-likeness (QED) is 0.613. The molecule has 4 nitrogen and oxygen atoms in total. The number of hydrogen-bond acceptors (Lipinski definition) is 4. The minimum Gasteiger partial charge on any atom is -0.388 e. The van der Waals surface area contributed by atoms with Crippen LogP contribution in [-0.2, 0) is 4.74 Å². The Balaban J connectivity index is 2.31. The van der Waals surface area contributed by atoms with Crippen molar-refractivity contribution in [1.29, 1.82) is 0 Å². The van der Waals surface area contributed by atoms with E-state index >= 15 is 0 Å². The van der Waals surface area contributed by atoms with Gasteiger partial charge in [-0.25, -0.2) is 0 Å². The van der Waals surface area contributed by atoms with E-state index in [9.17, 15) is 13.2 Å². The molecular weight excluding hydrogens is 267 g/mol. The number of nitrogens with one attached hydrogen (secondary N) is 1. The van der Waals surface area contributed by atoms with Crippen molar-refractivity contribution in [3.05, 3.63) is 24.0 Å². The van der Waals surface area contributed by atoms with Crippen LogP contribution in [0, 0.1) is 0 Å². The molecule has 8 heteroatoms. The van der Waals surface area contributed by atoms with E-state index in [2.05, 4.69) is 15.0 Å². The third kappa shape index (κ3) is 5.78. The minimum absolute atomic E-state index is 0.0514. The molecule has 100 valence electrons. The number of anilines is 1. The van der Waals surface area contributed by atoms with Gasteiger partial charge in [-0.05, 0) is 12.1 Å². The van der Waals surface area contributed by atoms with Crippen molar-refractivity contribution in [3.8, 4) is 0 Å². The molecule has 0 atom stereocenters. The van der Waals surface area contributed by atoms with Crippen LogP contribution in [0.4, 0.5) is 18.9 Å². The van der Waals surface area contributed by atoms with Gasteiger partial charge in [-0.3, -0.25) is 4.98 Å². The smallest absolute Gasteiger partial charge is 0.388 e. The predicted octanol–water partition coefficient (Wildman–Crippen LogP) is 1.71. The van der Waals surface area contributed by atoms with Gasteiger partial charge in [0.2, 0.25) is 0 Å². The van der Waals surface area contributed by atoms with Gasteiger partial charge in [0, 0.05) is 18.4 Å². The molecule has 1 heterocycles. The number of pyridine rings is 1. The topological polar surface area (TPSA) is 60.2 Å². The predicted molar refractivity (Wildman–Crippen MR) is 65.5 cm³/mol. The molecule has 0 aliphatic heterocycles. The molecule has 3 N–H and O–H groups in total. The van der Waals surface area contributed by atoms with Crippen LogP contribution in [0.1, 0.15) is 5.69 Å². The van der Waals surface area contributed by atoms with Crippen LogP contribution in [0.25, 0.3) is 0 Å². The Morgan fingerprint density at radius 1 is 1.50 bits per heavy atom. The lowest BCUT2D eigenvalue weighted by molar-refractivity contribution is -0.172. The Morgan fingerprint density at radius 3 is 2.83 bits per heavy atom. The molecule has 0 saturated heterocycles. The molecule has 0 unspecified atom stereocenters. The number of halogens is 3. The molecule has 0 fully saturated rings. The van der Waals surface area contributed by atoms with Gasteiger partial charge in [-0.15, -0.1) is 0 Å². The monoisotopic (exact) mass is 279 g/mol. The summed E-state index contributed by atoms with van der Waals surface area (Å²) in [5.41, 5.74) is 6.52. The van der Waals surface area contributed by atoms with E-state index in [1.165, 1.54) is 6.20 Å². The maximum atomic E-state index is 11.8. The van der Waals surface area contributed by atoms with Crippen molar-refractivity contribution >= 4 is 22.9 Å². The van der Waals surface area contributed by atoms with Crippen molar-refractivity contribution in [2.75, 3.05) is 25.1 Å². The molecule has 0 aromatic carbocycles. The molecule has 0 aliphatic carbocycles. The van der Waals surface area contributed by atoms with Crippen LogP contribution in [0.5, 0.6) is 0 Å². The highest BCUT2D eigenvalue weighted by atomic mass is 32.1. The third-order valence-corrected chi connectivity index (χ3v) is 2.06. The molecule has 0 radical (unpaired) electrons. The molecule has 18 heavy (non-hydrogen) atoms. The highest BCUT2D eigenvalue weighted by molar-refractivity contribution is 7.80. The van der Waals surface area contributed by atoms with Crippen LogP contribution >= 0.6 is 12.2 Å². The largest absolute Gasteiger partial charge is 0.411 e. The number of nitrogens with zero attached hydrogens (tertiary/aromatic N) is 1. The molecule has 1 aromatic heterocycles. The second kappa shape index (κ2) is 6.50. The number of nitrogens with two attached hydrogens (primary N) is 1.